The summed E-state index contributed by atoms with van der Waals surface area (Å²) in [4.78, 5) is 9.88. The fourth-order valence-corrected chi connectivity index (χ4v) is 0.297. The Morgan fingerprint density at radius 2 is 2.00 bits per heavy atom. The molecule has 0 amide bonds. The summed E-state index contributed by atoms with van der Waals surface area (Å²) in [7, 11) is 0. The Balaban J connectivity index is 3.60. The van der Waals surface area contributed by atoms with E-state index in [4.69, 9.17) is 5.11 Å². The van der Waals surface area contributed by atoms with Gasteiger partial charge in [-0.3, -0.25) is 4.79 Å². The molecule has 0 saturated carbocycles. The second-order valence-electron chi connectivity index (χ2n) is 1.53. The van der Waals surface area contributed by atoms with Gasteiger partial charge in [0, 0.05) is 6.42 Å². The van der Waals surface area contributed by atoms with E-state index in [1.54, 1.807) is 0 Å². The highest BCUT2D eigenvalue weighted by Gasteiger charge is 1.86. The lowest BCUT2D eigenvalue weighted by Crippen LogP contribution is -1.89. The van der Waals surface area contributed by atoms with Crippen molar-refractivity contribution in [3.05, 3.63) is 0 Å². The number of carbonyl (C=O) groups is 1. The van der Waals surface area contributed by atoms with E-state index in [0.29, 0.717) is 0 Å². The molecule has 0 bridgehead atoms. The SMILES string of the molecule is CCC#CC#CCC(=O)O. The second-order valence-corrected chi connectivity index (χ2v) is 1.53. The number of hydrogen-bond acceptors (Lipinski definition) is 1. The average molecular weight is 136 g/mol. The topological polar surface area (TPSA) is 37.3 Å². The maximum absolute atomic E-state index is 9.88. The van der Waals surface area contributed by atoms with Gasteiger partial charge in [-0.2, -0.15) is 0 Å². The van der Waals surface area contributed by atoms with Crippen LogP contribution in [0.2, 0.25) is 0 Å². The maximum Gasteiger partial charge on any atom is 0.315 e. The van der Waals surface area contributed by atoms with Gasteiger partial charge in [-0.15, -0.1) is 0 Å². The minimum Gasteiger partial charge on any atom is -0.481 e. The maximum atomic E-state index is 9.88. The van der Waals surface area contributed by atoms with Crippen molar-refractivity contribution >= 4 is 5.97 Å². The molecule has 0 unspecified atom stereocenters. The van der Waals surface area contributed by atoms with Crippen LogP contribution in [0.4, 0.5) is 0 Å². The molecule has 2 heteroatoms. The number of carboxylic acid groups (broad SMARTS) is 1. The van der Waals surface area contributed by atoms with Crippen molar-refractivity contribution in [3.8, 4) is 23.7 Å². The predicted octanol–water partition coefficient (Wildman–Crippen LogP) is 0.878. The third kappa shape index (κ3) is 6.59. The second kappa shape index (κ2) is 5.72. The number of hydrogen-bond donors (Lipinski definition) is 1. The van der Waals surface area contributed by atoms with Crippen LogP contribution in [0.3, 0.4) is 0 Å². The highest BCUT2D eigenvalue weighted by atomic mass is 16.4. The Kier molecular flexibility index (Phi) is 4.91. The van der Waals surface area contributed by atoms with Gasteiger partial charge in [-0.25, -0.2) is 0 Å². The summed E-state index contributed by atoms with van der Waals surface area (Å²) in [5.74, 6) is 9.13. The molecular weight excluding hydrogens is 128 g/mol. The molecule has 52 valence electrons. The van der Waals surface area contributed by atoms with E-state index in [-0.39, 0.29) is 6.42 Å². The molecule has 1 N–H and O–H groups in total. The molecule has 0 rings (SSSR count). The van der Waals surface area contributed by atoms with Gasteiger partial charge in [0.2, 0.25) is 0 Å². The van der Waals surface area contributed by atoms with Crippen molar-refractivity contribution in [2.45, 2.75) is 19.8 Å². The standard InChI is InChI=1S/C8H8O2/c1-2-3-4-5-6-7-8(9)10/h2,7H2,1H3,(H,9,10). The molecule has 0 saturated heterocycles. The Morgan fingerprint density at radius 3 is 2.50 bits per heavy atom. The van der Waals surface area contributed by atoms with Gasteiger partial charge in [0.1, 0.15) is 6.42 Å². The quantitative estimate of drug-likeness (QED) is 0.543. The van der Waals surface area contributed by atoms with Crippen molar-refractivity contribution in [1.29, 1.82) is 0 Å². The highest BCUT2D eigenvalue weighted by Crippen LogP contribution is 1.72. The van der Waals surface area contributed by atoms with Crippen molar-refractivity contribution in [3.63, 3.8) is 0 Å². The lowest BCUT2D eigenvalue weighted by Gasteiger charge is -1.74. The third-order valence-corrected chi connectivity index (χ3v) is 0.656. The van der Waals surface area contributed by atoms with Gasteiger partial charge in [0.05, 0.1) is 0 Å². The van der Waals surface area contributed by atoms with Gasteiger partial charge >= 0.3 is 5.97 Å². The van der Waals surface area contributed by atoms with Gasteiger partial charge in [0.25, 0.3) is 0 Å². The molecule has 0 spiro atoms. The first kappa shape index (κ1) is 8.59. The fraction of sp³-hybridized carbons (Fsp3) is 0.375. The van der Waals surface area contributed by atoms with Crippen LogP contribution < -0.4 is 0 Å². The van der Waals surface area contributed by atoms with E-state index in [9.17, 15) is 4.79 Å². The molecule has 2 nitrogen and oxygen atoms in total. The summed E-state index contributed by atoms with van der Waals surface area (Å²) < 4.78 is 0. The first-order chi connectivity index (χ1) is 4.77. The molecule has 0 radical (unpaired) electrons. The molecular formula is C8H8O2. The smallest absolute Gasteiger partial charge is 0.315 e. The van der Waals surface area contributed by atoms with Crippen LogP contribution in [0.15, 0.2) is 0 Å². The Bertz CT molecular complexity index is 219. The highest BCUT2D eigenvalue weighted by molar-refractivity contribution is 5.70. The van der Waals surface area contributed by atoms with E-state index in [1.165, 1.54) is 0 Å². The van der Waals surface area contributed by atoms with Crippen molar-refractivity contribution in [2.24, 2.45) is 0 Å². The first-order valence-corrected chi connectivity index (χ1v) is 2.95. The van der Waals surface area contributed by atoms with Gasteiger partial charge in [0.15, 0.2) is 0 Å². The molecule has 0 aliphatic heterocycles. The number of rotatable bonds is 1. The Hall–Kier alpha value is -1.41. The zero-order chi connectivity index (χ0) is 7.82. The molecule has 0 fully saturated rings. The van der Waals surface area contributed by atoms with Crippen molar-refractivity contribution in [1.82, 2.24) is 0 Å². The minimum absolute atomic E-state index is 0.127. The summed E-state index contributed by atoms with van der Waals surface area (Å²) in [5, 5.41) is 8.12. The van der Waals surface area contributed by atoms with E-state index in [0.717, 1.165) is 6.42 Å². The molecule has 0 heterocycles. The van der Waals surface area contributed by atoms with E-state index in [1.807, 2.05) is 6.92 Å². The van der Waals surface area contributed by atoms with Crippen LogP contribution in [0.25, 0.3) is 0 Å². The predicted molar refractivity (Wildman–Crippen MR) is 38.1 cm³/mol. The molecule has 0 atom stereocenters. The molecule has 0 aliphatic carbocycles. The van der Waals surface area contributed by atoms with E-state index in [2.05, 4.69) is 23.7 Å². The summed E-state index contributed by atoms with van der Waals surface area (Å²) in [6.07, 6.45) is 0.625. The van der Waals surface area contributed by atoms with Crippen LogP contribution in [-0.4, -0.2) is 11.1 Å². The molecule has 0 aliphatic rings. The van der Waals surface area contributed by atoms with E-state index < -0.39 is 5.97 Å². The van der Waals surface area contributed by atoms with Crippen molar-refractivity contribution in [2.75, 3.05) is 0 Å². The minimum atomic E-state index is -0.911. The number of aliphatic carboxylic acids is 1. The van der Waals surface area contributed by atoms with Crippen LogP contribution in [-0.2, 0) is 4.79 Å². The Morgan fingerprint density at radius 1 is 1.40 bits per heavy atom. The molecule has 0 aromatic carbocycles. The largest absolute Gasteiger partial charge is 0.481 e. The third-order valence-electron chi connectivity index (χ3n) is 0.656. The summed E-state index contributed by atoms with van der Waals surface area (Å²) in [6, 6.07) is 0. The Labute approximate surface area is 60.2 Å². The monoisotopic (exact) mass is 136 g/mol. The van der Waals surface area contributed by atoms with Gasteiger partial charge in [-0.05, 0) is 11.8 Å². The summed E-state index contributed by atoms with van der Waals surface area (Å²) in [5.41, 5.74) is 0. The van der Waals surface area contributed by atoms with Crippen molar-refractivity contribution < 1.29 is 9.90 Å². The number of carboxylic acids is 1. The van der Waals surface area contributed by atoms with Crippen LogP contribution in [0.1, 0.15) is 19.8 Å². The van der Waals surface area contributed by atoms with E-state index >= 15 is 0 Å². The molecule has 10 heavy (non-hydrogen) atoms. The summed E-state index contributed by atoms with van der Waals surface area (Å²) in [6.45, 7) is 1.91. The van der Waals surface area contributed by atoms with Crippen LogP contribution in [0, 0.1) is 23.7 Å². The lowest BCUT2D eigenvalue weighted by molar-refractivity contribution is -0.135. The average Bonchev–Trinajstić information content (AvgIpc) is 1.87. The van der Waals surface area contributed by atoms with Crippen LogP contribution >= 0.6 is 0 Å². The van der Waals surface area contributed by atoms with Crippen LogP contribution in [0.5, 0.6) is 0 Å². The normalized spacial score (nSPS) is 6.50. The molecule has 0 aromatic rings. The fourth-order valence-electron chi connectivity index (χ4n) is 0.297. The zero-order valence-corrected chi connectivity index (χ0v) is 5.77. The zero-order valence-electron chi connectivity index (χ0n) is 5.77. The molecule has 0 aromatic heterocycles. The van der Waals surface area contributed by atoms with Gasteiger partial charge < -0.3 is 5.11 Å². The van der Waals surface area contributed by atoms with Gasteiger partial charge in [-0.1, -0.05) is 18.8 Å². The summed E-state index contributed by atoms with van der Waals surface area (Å²) >= 11 is 0. The first-order valence-electron chi connectivity index (χ1n) is 2.95. The lowest BCUT2D eigenvalue weighted by atomic mass is 10.4.